The van der Waals surface area contributed by atoms with Crippen LogP contribution in [0.25, 0.3) is 0 Å². The third kappa shape index (κ3) is 3.42. The van der Waals surface area contributed by atoms with Gasteiger partial charge in [-0.25, -0.2) is 0 Å². The van der Waals surface area contributed by atoms with E-state index < -0.39 is 0 Å². The Labute approximate surface area is 169 Å². The van der Waals surface area contributed by atoms with Crippen LogP contribution in [-0.2, 0) is 12.8 Å². The summed E-state index contributed by atoms with van der Waals surface area (Å²) < 4.78 is 5.28. The van der Waals surface area contributed by atoms with Crippen LogP contribution >= 0.6 is 0 Å². The summed E-state index contributed by atoms with van der Waals surface area (Å²) in [5.74, 6) is -0.369. The molecule has 0 unspecified atom stereocenters. The highest BCUT2D eigenvalue weighted by molar-refractivity contribution is 6.30. The second-order valence-corrected chi connectivity index (χ2v) is 7.23. The Morgan fingerprint density at radius 3 is 2.24 bits per heavy atom. The van der Waals surface area contributed by atoms with Crippen molar-refractivity contribution in [2.24, 2.45) is 0 Å². The second kappa shape index (κ2) is 7.92. The molecule has 0 amide bonds. The molecule has 146 valence electrons. The molecule has 0 spiro atoms. The monoisotopic (exact) mass is 386 g/mol. The van der Waals surface area contributed by atoms with Crippen molar-refractivity contribution in [2.45, 2.75) is 25.7 Å². The van der Waals surface area contributed by atoms with Crippen LogP contribution in [0.4, 0.5) is 0 Å². The fourth-order valence-corrected chi connectivity index (χ4v) is 3.94. The van der Waals surface area contributed by atoms with Crippen LogP contribution in [0.3, 0.4) is 0 Å². The van der Waals surface area contributed by atoms with Gasteiger partial charge in [0, 0.05) is 11.1 Å². The van der Waals surface area contributed by atoms with E-state index in [1.807, 2.05) is 18.2 Å². The molecule has 0 heterocycles. The van der Waals surface area contributed by atoms with Crippen LogP contribution in [0, 0.1) is 0 Å². The highest BCUT2D eigenvalue weighted by Gasteiger charge is 2.35. The fraction of sp³-hybridized carbons (Fsp3) is 0.200. The van der Waals surface area contributed by atoms with Gasteiger partial charge in [0.1, 0.15) is 11.5 Å². The van der Waals surface area contributed by atoms with Crippen LogP contribution in [0.5, 0.6) is 11.5 Å². The molecular formula is C25H22O4. The van der Waals surface area contributed by atoms with Crippen LogP contribution in [-0.4, -0.2) is 23.8 Å². The summed E-state index contributed by atoms with van der Waals surface area (Å²) in [7, 11) is 1.46. The summed E-state index contributed by atoms with van der Waals surface area (Å²) in [5, 5.41) is 10.8. The predicted octanol–water partition coefficient (Wildman–Crippen LogP) is 4.74. The minimum atomic E-state index is -0.365. The Kier molecular flexibility index (Phi) is 5.17. The second-order valence-electron chi connectivity index (χ2n) is 7.23. The van der Waals surface area contributed by atoms with Crippen molar-refractivity contribution in [1.82, 2.24) is 0 Å². The first-order chi connectivity index (χ1) is 14.1. The van der Waals surface area contributed by atoms with Crippen molar-refractivity contribution in [1.29, 1.82) is 0 Å². The molecule has 1 aliphatic rings. The van der Waals surface area contributed by atoms with Gasteiger partial charge in [0.05, 0.1) is 18.2 Å². The summed E-state index contributed by atoms with van der Waals surface area (Å²) in [6.45, 7) is 0. The molecule has 4 heteroatoms. The maximum atomic E-state index is 13.1. The highest BCUT2D eigenvalue weighted by Crippen LogP contribution is 2.38. The SMILES string of the molecule is COc1cccc2c1C(=O)c1c(ccc(CCCCc3ccccc3)c1O)C2=O. The van der Waals surface area contributed by atoms with Gasteiger partial charge in [0.25, 0.3) is 0 Å². The smallest absolute Gasteiger partial charge is 0.201 e. The maximum Gasteiger partial charge on any atom is 0.201 e. The van der Waals surface area contributed by atoms with Crippen molar-refractivity contribution >= 4 is 11.6 Å². The van der Waals surface area contributed by atoms with Gasteiger partial charge < -0.3 is 9.84 Å². The average molecular weight is 386 g/mol. The summed E-state index contributed by atoms with van der Waals surface area (Å²) >= 11 is 0. The van der Waals surface area contributed by atoms with E-state index in [0.29, 0.717) is 23.3 Å². The Hall–Kier alpha value is -3.40. The number of ketones is 2. The minimum absolute atomic E-state index is 0.0860. The molecule has 0 radical (unpaired) electrons. The number of hydrogen-bond acceptors (Lipinski definition) is 4. The third-order valence-electron chi connectivity index (χ3n) is 5.46. The molecule has 0 saturated carbocycles. The first-order valence-electron chi connectivity index (χ1n) is 9.77. The molecule has 3 aromatic carbocycles. The molecule has 4 rings (SSSR count). The van der Waals surface area contributed by atoms with E-state index in [4.69, 9.17) is 4.74 Å². The molecule has 29 heavy (non-hydrogen) atoms. The molecule has 0 aromatic heterocycles. The molecule has 3 aromatic rings. The Balaban J connectivity index is 1.58. The van der Waals surface area contributed by atoms with E-state index in [1.165, 1.54) is 12.7 Å². The van der Waals surface area contributed by atoms with Crippen molar-refractivity contribution in [3.8, 4) is 11.5 Å². The molecule has 1 aliphatic carbocycles. The van der Waals surface area contributed by atoms with Gasteiger partial charge in [0.2, 0.25) is 5.78 Å². The van der Waals surface area contributed by atoms with Crippen LogP contribution in [0.1, 0.15) is 55.8 Å². The van der Waals surface area contributed by atoms with E-state index >= 15 is 0 Å². The number of carbonyl (C=O) groups is 2. The number of fused-ring (bicyclic) bond motifs is 2. The first kappa shape index (κ1) is 18.9. The lowest BCUT2D eigenvalue weighted by Crippen LogP contribution is -2.22. The zero-order valence-electron chi connectivity index (χ0n) is 16.3. The molecule has 0 saturated heterocycles. The van der Waals surface area contributed by atoms with Crippen molar-refractivity contribution in [3.05, 3.63) is 94.0 Å². The number of hydrogen-bond donors (Lipinski definition) is 1. The number of carbonyl (C=O) groups excluding carboxylic acids is 2. The Morgan fingerprint density at radius 2 is 1.48 bits per heavy atom. The van der Waals surface area contributed by atoms with E-state index in [9.17, 15) is 14.7 Å². The number of aromatic hydroxyl groups is 1. The summed E-state index contributed by atoms with van der Waals surface area (Å²) in [4.78, 5) is 26.0. The number of rotatable bonds is 6. The van der Waals surface area contributed by atoms with Crippen LogP contribution in [0.2, 0.25) is 0 Å². The minimum Gasteiger partial charge on any atom is -0.507 e. The lowest BCUT2D eigenvalue weighted by molar-refractivity contribution is 0.0974. The van der Waals surface area contributed by atoms with Crippen molar-refractivity contribution in [3.63, 3.8) is 0 Å². The molecule has 0 atom stereocenters. The number of phenols is 1. The van der Waals surface area contributed by atoms with Gasteiger partial charge in [0.15, 0.2) is 5.78 Å². The number of phenolic OH excluding ortho intramolecular Hbond substituents is 1. The zero-order chi connectivity index (χ0) is 20.4. The normalized spacial score (nSPS) is 12.4. The van der Waals surface area contributed by atoms with E-state index in [0.717, 1.165) is 19.3 Å². The molecule has 0 aliphatic heterocycles. The Morgan fingerprint density at radius 1 is 0.759 bits per heavy atom. The van der Waals surface area contributed by atoms with Gasteiger partial charge in [-0.05, 0) is 48.9 Å². The van der Waals surface area contributed by atoms with Gasteiger partial charge in [-0.15, -0.1) is 0 Å². The highest BCUT2D eigenvalue weighted by atomic mass is 16.5. The number of benzene rings is 3. The van der Waals surface area contributed by atoms with E-state index in [2.05, 4.69) is 12.1 Å². The lowest BCUT2D eigenvalue weighted by Gasteiger charge is -2.21. The molecule has 0 bridgehead atoms. The standard InChI is InChI=1S/C25H22O4/c1-29-20-13-7-12-18-21(20)25(28)22-19(24(18)27)15-14-17(23(22)26)11-6-5-10-16-8-3-2-4-9-16/h2-4,7-9,12-15,26H,5-6,10-11H2,1H3. The molecular weight excluding hydrogens is 364 g/mol. The van der Waals surface area contributed by atoms with Crippen molar-refractivity contribution in [2.75, 3.05) is 7.11 Å². The van der Waals surface area contributed by atoms with E-state index in [1.54, 1.807) is 30.3 Å². The number of unbranched alkanes of at least 4 members (excludes halogenated alkanes) is 1. The van der Waals surface area contributed by atoms with Crippen LogP contribution < -0.4 is 4.74 Å². The fourth-order valence-electron chi connectivity index (χ4n) is 3.94. The predicted molar refractivity (Wildman–Crippen MR) is 111 cm³/mol. The van der Waals surface area contributed by atoms with E-state index in [-0.39, 0.29) is 34.0 Å². The summed E-state index contributed by atoms with van der Waals surface area (Å²) in [6.07, 6.45) is 3.47. The first-order valence-corrected chi connectivity index (χ1v) is 9.77. The summed E-state index contributed by atoms with van der Waals surface area (Å²) in [5.41, 5.74) is 2.86. The van der Waals surface area contributed by atoms with Gasteiger partial charge in [-0.3, -0.25) is 9.59 Å². The van der Waals surface area contributed by atoms with Gasteiger partial charge in [-0.1, -0.05) is 48.5 Å². The number of aryl methyl sites for hydroxylation is 2. The maximum absolute atomic E-state index is 13.1. The number of methoxy groups -OCH3 is 1. The molecule has 0 fully saturated rings. The quantitative estimate of drug-likeness (QED) is 0.486. The summed E-state index contributed by atoms with van der Waals surface area (Å²) in [6, 6.07) is 18.6. The number of ether oxygens (including phenoxy) is 1. The topological polar surface area (TPSA) is 63.6 Å². The largest absolute Gasteiger partial charge is 0.507 e. The molecule has 4 nitrogen and oxygen atoms in total. The van der Waals surface area contributed by atoms with Gasteiger partial charge >= 0.3 is 0 Å². The zero-order valence-corrected chi connectivity index (χ0v) is 16.3. The Bertz CT molecular complexity index is 1080. The van der Waals surface area contributed by atoms with Gasteiger partial charge in [-0.2, -0.15) is 0 Å². The van der Waals surface area contributed by atoms with Crippen LogP contribution in [0.15, 0.2) is 60.7 Å². The average Bonchev–Trinajstić information content (AvgIpc) is 2.76. The molecule has 1 N–H and O–H groups in total. The lowest BCUT2D eigenvalue weighted by atomic mass is 9.81. The third-order valence-corrected chi connectivity index (χ3v) is 5.46. The van der Waals surface area contributed by atoms with Crippen molar-refractivity contribution < 1.29 is 19.4 Å².